The average Bonchev–Trinajstić information content (AvgIpc) is 3.64. The first-order valence-electron chi connectivity index (χ1n) is 15.8. The number of hydrogen-bond donors (Lipinski definition) is 2. The molecule has 10 nitrogen and oxygen atoms in total. The number of anilines is 1. The van der Waals surface area contributed by atoms with Crippen molar-refractivity contribution in [3.05, 3.63) is 54.6 Å². The maximum Gasteiger partial charge on any atom is 0.312 e. The third-order valence-corrected chi connectivity index (χ3v) is 9.08. The Labute approximate surface area is 260 Å². The summed E-state index contributed by atoms with van der Waals surface area (Å²) < 4.78 is 12.3. The van der Waals surface area contributed by atoms with Gasteiger partial charge in [0.2, 0.25) is 11.8 Å². The van der Waals surface area contributed by atoms with E-state index < -0.39 is 41.7 Å². The van der Waals surface area contributed by atoms with Crippen LogP contribution < -0.4 is 10.2 Å². The van der Waals surface area contributed by atoms with Gasteiger partial charge >= 0.3 is 5.97 Å². The van der Waals surface area contributed by atoms with E-state index in [1.807, 2.05) is 32.0 Å². The van der Waals surface area contributed by atoms with Crippen molar-refractivity contribution in [2.45, 2.75) is 89.6 Å². The van der Waals surface area contributed by atoms with E-state index in [0.717, 1.165) is 16.8 Å². The summed E-state index contributed by atoms with van der Waals surface area (Å²) in [7, 11) is 0. The van der Waals surface area contributed by atoms with E-state index >= 15 is 0 Å². The summed E-state index contributed by atoms with van der Waals surface area (Å²) in [6, 6.07) is 4.99. The molecule has 2 N–H and O–H groups in total. The minimum atomic E-state index is -1.15. The summed E-state index contributed by atoms with van der Waals surface area (Å²) in [6.07, 6.45) is 5.94. The van der Waals surface area contributed by atoms with Gasteiger partial charge in [-0.3, -0.25) is 19.2 Å². The quantitative estimate of drug-likeness (QED) is 0.167. The van der Waals surface area contributed by atoms with Crippen LogP contribution in [0.15, 0.2) is 43.5 Å². The van der Waals surface area contributed by atoms with Crippen molar-refractivity contribution in [2.75, 3.05) is 31.1 Å². The van der Waals surface area contributed by atoms with E-state index in [0.29, 0.717) is 51.5 Å². The molecule has 1 spiro atoms. The Hall–Kier alpha value is -3.50. The molecule has 240 valence electrons. The number of rotatable bonds is 16. The van der Waals surface area contributed by atoms with Crippen LogP contribution in [0.3, 0.4) is 0 Å². The first kappa shape index (κ1) is 33.4. The lowest BCUT2D eigenvalue weighted by Gasteiger charge is -2.37. The van der Waals surface area contributed by atoms with E-state index in [-0.39, 0.29) is 37.4 Å². The molecule has 2 bridgehead atoms. The third kappa shape index (κ3) is 6.61. The van der Waals surface area contributed by atoms with Gasteiger partial charge in [-0.05, 0) is 76.5 Å². The van der Waals surface area contributed by atoms with Gasteiger partial charge in [0.05, 0.1) is 24.5 Å². The van der Waals surface area contributed by atoms with Crippen LogP contribution >= 0.6 is 0 Å². The van der Waals surface area contributed by atoms with Gasteiger partial charge in [-0.25, -0.2) is 0 Å². The lowest BCUT2D eigenvalue weighted by atomic mass is 9.70. The summed E-state index contributed by atoms with van der Waals surface area (Å²) in [5.74, 6) is -2.94. The van der Waals surface area contributed by atoms with E-state index in [2.05, 4.69) is 18.5 Å². The molecule has 1 aromatic carbocycles. The largest absolute Gasteiger partial charge is 0.460 e. The van der Waals surface area contributed by atoms with Gasteiger partial charge in [-0.15, -0.1) is 13.2 Å². The van der Waals surface area contributed by atoms with E-state index in [4.69, 9.17) is 9.47 Å². The van der Waals surface area contributed by atoms with Gasteiger partial charge in [-0.1, -0.05) is 24.3 Å². The smallest absolute Gasteiger partial charge is 0.312 e. The number of nitrogens with zero attached hydrogens (tertiary/aromatic N) is 2. The number of likely N-dealkylation sites (tertiary alicyclic amines) is 1. The monoisotopic (exact) mass is 609 g/mol. The number of nitrogens with one attached hydrogen (secondary N) is 1. The number of carbonyl (C=O) groups is 4. The number of carbonyl (C=O) groups excluding carboxylic acids is 4. The summed E-state index contributed by atoms with van der Waals surface area (Å²) in [4.78, 5) is 57.8. The molecule has 4 rings (SSSR count). The highest BCUT2D eigenvalue weighted by atomic mass is 16.6. The van der Waals surface area contributed by atoms with Crippen LogP contribution in [0.4, 0.5) is 5.69 Å². The normalized spacial score (nSPS) is 25.8. The fourth-order valence-electron chi connectivity index (χ4n) is 7.00. The van der Waals surface area contributed by atoms with Crippen LogP contribution in [0, 0.1) is 25.7 Å². The summed E-state index contributed by atoms with van der Waals surface area (Å²) in [6.45, 7) is 13.9. The number of ether oxygens (including phenoxy) is 2. The van der Waals surface area contributed by atoms with Crippen molar-refractivity contribution < 1.29 is 33.8 Å². The number of aliphatic hydroxyl groups is 1. The van der Waals surface area contributed by atoms with Gasteiger partial charge < -0.3 is 29.7 Å². The van der Waals surface area contributed by atoms with Crippen LogP contribution in [0.25, 0.3) is 0 Å². The van der Waals surface area contributed by atoms with Crippen molar-refractivity contribution in [2.24, 2.45) is 11.8 Å². The number of aryl methyl sites for hydroxylation is 2. The molecule has 0 unspecified atom stereocenters. The van der Waals surface area contributed by atoms with Crippen LogP contribution in [0.2, 0.25) is 0 Å². The van der Waals surface area contributed by atoms with Crippen molar-refractivity contribution in [1.82, 2.24) is 10.2 Å². The van der Waals surface area contributed by atoms with Crippen molar-refractivity contribution >= 4 is 29.4 Å². The second-order valence-electron chi connectivity index (χ2n) is 12.3. The highest BCUT2D eigenvalue weighted by molar-refractivity contribution is 6.05. The Morgan fingerprint density at radius 3 is 2.70 bits per heavy atom. The van der Waals surface area contributed by atoms with E-state index in [1.165, 1.54) is 0 Å². The number of allylic oxidation sites excluding steroid dienone is 1. The first-order chi connectivity index (χ1) is 21.1. The molecule has 3 aliphatic rings. The lowest BCUT2D eigenvalue weighted by Crippen LogP contribution is -2.56. The number of esters is 1. The second-order valence-corrected chi connectivity index (χ2v) is 12.3. The van der Waals surface area contributed by atoms with Crippen molar-refractivity contribution in [1.29, 1.82) is 0 Å². The van der Waals surface area contributed by atoms with Gasteiger partial charge in [0.25, 0.3) is 5.91 Å². The lowest BCUT2D eigenvalue weighted by molar-refractivity contribution is -0.159. The molecule has 0 aliphatic carbocycles. The predicted molar refractivity (Wildman–Crippen MR) is 167 cm³/mol. The average molecular weight is 610 g/mol. The molecule has 3 amide bonds. The molecule has 1 aromatic rings. The number of hydrogen-bond acceptors (Lipinski definition) is 7. The topological polar surface area (TPSA) is 125 Å². The molecule has 0 aromatic heterocycles. The number of benzene rings is 1. The van der Waals surface area contributed by atoms with Gasteiger partial charge in [0, 0.05) is 31.8 Å². The Kier molecular flexibility index (Phi) is 11.0. The maximum atomic E-state index is 14.6. The predicted octanol–water partition coefficient (Wildman–Crippen LogP) is 3.37. The second kappa shape index (κ2) is 14.5. The van der Waals surface area contributed by atoms with E-state index in [9.17, 15) is 24.3 Å². The number of amides is 3. The van der Waals surface area contributed by atoms with E-state index in [1.54, 1.807) is 28.9 Å². The molecule has 3 heterocycles. The van der Waals surface area contributed by atoms with Crippen molar-refractivity contribution in [3.63, 3.8) is 0 Å². The Balaban J connectivity index is 1.62. The van der Waals surface area contributed by atoms with Gasteiger partial charge in [0.1, 0.15) is 17.7 Å². The van der Waals surface area contributed by atoms with Crippen molar-refractivity contribution in [3.8, 4) is 0 Å². The molecule has 6 atom stereocenters. The zero-order chi connectivity index (χ0) is 32.0. The fraction of sp³-hybridized carbons (Fsp3) is 0.588. The molecule has 3 aliphatic heterocycles. The molecular formula is C34H47N3O7. The first-order valence-corrected chi connectivity index (χ1v) is 15.8. The summed E-state index contributed by atoms with van der Waals surface area (Å²) in [5.41, 5.74) is 1.51. The minimum absolute atomic E-state index is 0.0498. The molecule has 10 heteroatoms. The highest BCUT2D eigenvalue weighted by Gasteiger charge is 2.75. The Morgan fingerprint density at radius 1 is 1.23 bits per heavy atom. The number of unbranched alkanes of at least 4 members (excludes halogenated alkanes) is 2. The van der Waals surface area contributed by atoms with Crippen LogP contribution in [-0.4, -0.2) is 83.8 Å². The SMILES string of the molecule is C=CCCC(=O)NC[C@H](C)OC(=O)[C@@H]1[C@@H]2CC[C@]3(O2)[C@H](C(=O)N(CC=C)c2cc(C)ccc2C)N(CCCCCO)C(=O)[C@@H]13. The number of aliphatic hydroxyl groups excluding tert-OH is 1. The minimum Gasteiger partial charge on any atom is -0.460 e. The standard InChI is InChI=1S/C34H47N3O7/c1-6-8-12-27(39)35-21-24(5)43-33(42)28-26-15-16-34(44-26)29(28)31(40)37(18-10-9-11-19-38)30(34)32(41)36(17-7-2)25-20-22(3)13-14-23(25)4/h6-7,13-14,20,24,26,28-30,38H,1-2,8-12,15-19,21H2,3-5H3,(H,35,39)/t24-,26-,28+,29+,30-,34+/m0/s1. The third-order valence-electron chi connectivity index (χ3n) is 9.08. The van der Waals surface area contributed by atoms with Crippen LogP contribution in [0.5, 0.6) is 0 Å². The number of fused-ring (bicyclic) bond motifs is 1. The molecular weight excluding hydrogens is 562 g/mol. The van der Waals surface area contributed by atoms with Crippen LogP contribution in [0.1, 0.15) is 63.0 Å². The molecule has 0 saturated carbocycles. The van der Waals surface area contributed by atoms with Crippen LogP contribution in [-0.2, 0) is 28.7 Å². The molecule has 3 saturated heterocycles. The van der Waals surface area contributed by atoms with Gasteiger partial charge in [0.15, 0.2) is 0 Å². The fourth-order valence-corrected chi connectivity index (χ4v) is 7.00. The molecule has 44 heavy (non-hydrogen) atoms. The summed E-state index contributed by atoms with van der Waals surface area (Å²) >= 11 is 0. The molecule has 3 fully saturated rings. The Bertz CT molecular complexity index is 1270. The Morgan fingerprint density at radius 2 is 2.00 bits per heavy atom. The maximum absolute atomic E-state index is 14.6. The summed E-state index contributed by atoms with van der Waals surface area (Å²) in [5, 5.41) is 12.1. The zero-order valence-corrected chi connectivity index (χ0v) is 26.3. The zero-order valence-electron chi connectivity index (χ0n) is 26.3. The molecule has 0 radical (unpaired) electrons. The van der Waals surface area contributed by atoms with Gasteiger partial charge in [-0.2, -0.15) is 0 Å². The highest BCUT2D eigenvalue weighted by Crippen LogP contribution is 2.59.